The highest BCUT2D eigenvalue weighted by Gasteiger charge is 2.68. The summed E-state index contributed by atoms with van der Waals surface area (Å²) in [5.74, 6) is 1.27. The molecule has 3 saturated heterocycles. The molecule has 1 saturated carbocycles. The smallest absolute Gasteiger partial charge is 0.236 e. The molecule has 1 aliphatic carbocycles. The predicted molar refractivity (Wildman–Crippen MR) is 106 cm³/mol. The maximum atomic E-state index is 6.57. The highest BCUT2D eigenvalue weighted by Crippen LogP contribution is 2.61. The zero-order valence-electron chi connectivity index (χ0n) is 16.4. The molecule has 0 unspecified atom stereocenters. The van der Waals surface area contributed by atoms with Gasteiger partial charge in [0.15, 0.2) is 16.4 Å². The molecule has 6 heteroatoms. The second-order valence-corrected chi connectivity index (χ2v) is 10.0. The van der Waals surface area contributed by atoms with Crippen molar-refractivity contribution >= 4 is 27.3 Å². The van der Waals surface area contributed by atoms with Gasteiger partial charge in [-0.05, 0) is 56.7 Å². The van der Waals surface area contributed by atoms with Gasteiger partial charge in [0.25, 0.3) is 0 Å². The molecule has 4 aliphatic heterocycles. The number of fused-ring (bicyclic) bond motifs is 3. The summed E-state index contributed by atoms with van der Waals surface area (Å²) in [6.07, 6.45) is 3.65. The molecule has 5 aliphatic rings. The lowest BCUT2D eigenvalue weighted by atomic mass is 9.59. The number of aromatic nitrogens is 1. The number of benzene rings is 1. The summed E-state index contributed by atoms with van der Waals surface area (Å²) in [5.41, 5.74) is 1.67. The van der Waals surface area contributed by atoms with Gasteiger partial charge < -0.3 is 9.47 Å². The molecule has 0 N–H and O–H groups in total. The molecule has 2 aromatic rings. The zero-order valence-corrected chi connectivity index (χ0v) is 17.3. The lowest BCUT2D eigenvalue weighted by Gasteiger charge is -2.57. The summed E-state index contributed by atoms with van der Waals surface area (Å²) in [6.45, 7) is 6.47. The molecular weight excluding hydrogens is 374 g/mol. The third-order valence-electron chi connectivity index (χ3n) is 7.31. The topological polar surface area (TPSA) is 49.8 Å². The second-order valence-electron chi connectivity index (χ2n) is 8.97. The minimum atomic E-state index is -0.749. The van der Waals surface area contributed by atoms with Gasteiger partial charge in [-0.15, -0.1) is 11.3 Å². The van der Waals surface area contributed by atoms with E-state index in [1.54, 1.807) is 11.3 Å². The Balaban J connectivity index is 1.51. The molecule has 1 aromatic heterocycles. The van der Waals surface area contributed by atoms with Crippen molar-refractivity contribution in [3.05, 3.63) is 34.8 Å². The molecule has 28 heavy (non-hydrogen) atoms. The van der Waals surface area contributed by atoms with Gasteiger partial charge in [0.05, 0.1) is 10.2 Å². The Hall–Kier alpha value is -1.47. The van der Waals surface area contributed by atoms with Crippen LogP contribution in [0.15, 0.2) is 29.8 Å². The van der Waals surface area contributed by atoms with E-state index in [2.05, 4.69) is 32.0 Å². The van der Waals surface area contributed by atoms with Gasteiger partial charge in [0.2, 0.25) is 12.1 Å². The Morgan fingerprint density at radius 2 is 2.00 bits per heavy atom. The largest absolute Gasteiger partial charge is 0.458 e. The van der Waals surface area contributed by atoms with Crippen molar-refractivity contribution in [1.82, 2.24) is 4.98 Å². The molecule has 5 nitrogen and oxygen atoms in total. The average molecular weight is 400 g/mol. The first-order chi connectivity index (χ1) is 13.5. The van der Waals surface area contributed by atoms with Gasteiger partial charge in [-0.1, -0.05) is 19.1 Å². The van der Waals surface area contributed by atoms with Crippen LogP contribution in [0, 0.1) is 17.8 Å². The summed E-state index contributed by atoms with van der Waals surface area (Å²) in [6, 6.07) is 8.23. The van der Waals surface area contributed by atoms with Gasteiger partial charge in [-0.2, -0.15) is 0 Å². The fourth-order valence-electron chi connectivity index (χ4n) is 5.80. The maximum absolute atomic E-state index is 6.57. The van der Waals surface area contributed by atoms with Crippen LogP contribution >= 0.6 is 11.3 Å². The molecule has 4 fully saturated rings. The number of para-hydroxylation sites is 1. The Kier molecular flexibility index (Phi) is 3.59. The Bertz CT molecular complexity index is 953. The van der Waals surface area contributed by atoms with Crippen molar-refractivity contribution in [3.63, 3.8) is 0 Å². The standard InChI is InChI=1S/C22H25NO4S/c1-12-8-9-15-13(2)18(19-23-16-6-4-5-7-17(16)28-19)24-20-22(15)14(12)10-11-21(3,25-20)26-27-22/h4-7,12,14-15,20H,8-11H2,1-3H3/t12-,14+,15+,20+,21-,22-/m1/s1. The highest BCUT2D eigenvalue weighted by atomic mass is 32.1. The van der Waals surface area contributed by atoms with Crippen molar-refractivity contribution in [2.45, 2.75) is 64.1 Å². The summed E-state index contributed by atoms with van der Waals surface area (Å²) >= 11 is 1.68. The van der Waals surface area contributed by atoms with E-state index in [1.165, 1.54) is 16.7 Å². The molecule has 2 bridgehead atoms. The lowest BCUT2D eigenvalue weighted by Crippen LogP contribution is -2.66. The predicted octanol–water partition coefficient (Wildman–Crippen LogP) is 5.27. The van der Waals surface area contributed by atoms with E-state index in [4.69, 9.17) is 24.2 Å². The zero-order chi connectivity index (χ0) is 19.1. The molecular formula is C22H25NO4S. The average Bonchev–Trinajstić information content (AvgIpc) is 2.99. The van der Waals surface area contributed by atoms with E-state index in [0.717, 1.165) is 35.5 Å². The lowest BCUT2D eigenvalue weighted by molar-refractivity contribution is -0.553. The first-order valence-electron chi connectivity index (χ1n) is 10.3. The van der Waals surface area contributed by atoms with Crippen molar-refractivity contribution in [2.75, 3.05) is 0 Å². The van der Waals surface area contributed by atoms with Gasteiger partial charge in [0, 0.05) is 18.3 Å². The summed E-state index contributed by atoms with van der Waals surface area (Å²) < 4.78 is 14.2. The Labute approximate surface area is 168 Å². The molecule has 0 radical (unpaired) electrons. The third-order valence-corrected chi connectivity index (χ3v) is 8.35. The second kappa shape index (κ2) is 5.79. The van der Waals surface area contributed by atoms with Gasteiger partial charge in [-0.25, -0.2) is 14.8 Å². The van der Waals surface area contributed by atoms with Crippen LogP contribution in [-0.2, 0) is 19.2 Å². The van der Waals surface area contributed by atoms with E-state index in [1.807, 2.05) is 13.0 Å². The monoisotopic (exact) mass is 399 g/mol. The van der Waals surface area contributed by atoms with Crippen LogP contribution in [0.1, 0.15) is 51.5 Å². The van der Waals surface area contributed by atoms with Crippen LogP contribution in [0.5, 0.6) is 0 Å². The van der Waals surface area contributed by atoms with Crippen LogP contribution in [0.3, 0.4) is 0 Å². The van der Waals surface area contributed by atoms with E-state index in [-0.39, 0.29) is 5.92 Å². The normalized spacial score (nSPS) is 42.2. The van der Waals surface area contributed by atoms with Crippen molar-refractivity contribution in [3.8, 4) is 0 Å². The van der Waals surface area contributed by atoms with E-state index < -0.39 is 17.7 Å². The fourth-order valence-corrected chi connectivity index (χ4v) is 6.82. The van der Waals surface area contributed by atoms with Gasteiger partial charge in [0.1, 0.15) is 0 Å². The molecule has 1 aromatic carbocycles. The molecule has 148 valence electrons. The molecule has 6 atom stereocenters. The minimum Gasteiger partial charge on any atom is -0.458 e. The van der Waals surface area contributed by atoms with Crippen molar-refractivity contribution in [2.24, 2.45) is 17.8 Å². The van der Waals surface area contributed by atoms with Gasteiger partial charge >= 0.3 is 0 Å². The SMILES string of the molecule is CC1=C(c2nc3ccccc3s2)O[C@H]2O[C@@]3(C)CC[C@H]4[C@H](C)CC[C@@H]1[C@@]24OO3. The van der Waals surface area contributed by atoms with E-state index >= 15 is 0 Å². The van der Waals surface area contributed by atoms with Crippen molar-refractivity contribution < 1.29 is 19.2 Å². The van der Waals surface area contributed by atoms with E-state index in [9.17, 15) is 0 Å². The maximum Gasteiger partial charge on any atom is 0.236 e. The number of hydrogen-bond acceptors (Lipinski definition) is 6. The van der Waals surface area contributed by atoms with Crippen LogP contribution in [0.25, 0.3) is 16.0 Å². The van der Waals surface area contributed by atoms with Crippen LogP contribution in [0.4, 0.5) is 0 Å². The highest BCUT2D eigenvalue weighted by molar-refractivity contribution is 7.19. The minimum absolute atomic E-state index is 0.220. The fraction of sp³-hybridized carbons (Fsp3) is 0.591. The molecule has 1 spiro atoms. The number of ether oxygens (including phenoxy) is 2. The number of rotatable bonds is 1. The summed E-state index contributed by atoms with van der Waals surface area (Å²) in [5, 5.41) is 0.929. The van der Waals surface area contributed by atoms with Crippen LogP contribution < -0.4 is 0 Å². The molecule has 5 heterocycles. The van der Waals surface area contributed by atoms with Gasteiger partial charge in [-0.3, -0.25) is 0 Å². The molecule has 0 amide bonds. The molecule has 7 rings (SSSR count). The first kappa shape index (κ1) is 17.4. The summed E-state index contributed by atoms with van der Waals surface area (Å²) in [4.78, 5) is 16.9. The first-order valence-corrected chi connectivity index (χ1v) is 11.1. The number of nitrogens with zero attached hydrogens (tertiary/aromatic N) is 1. The Morgan fingerprint density at radius 1 is 1.14 bits per heavy atom. The van der Waals surface area contributed by atoms with Crippen LogP contribution in [0.2, 0.25) is 0 Å². The number of thiazole rings is 1. The number of hydrogen-bond donors (Lipinski definition) is 0. The quantitative estimate of drug-likeness (QED) is 0.611. The van der Waals surface area contributed by atoms with Crippen molar-refractivity contribution in [1.29, 1.82) is 0 Å². The van der Waals surface area contributed by atoms with Crippen LogP contribution in [-0.4, -0.2) is 22.7 Å². The third kappa shape index (κ3) is 2.20. The summed E-state index contributed by atoms with van der Waals surface area (Å²) in [7, 11) is 0. The Morgan fingerprint density at radius 3 is 2.86 bits per heavy atom. The van der Waals surface area contributed by atoms with E-state index in [0.29, 0.717) is 11.8 Å².